The van der Waals surface area contributed by atoms with Gasteiger partial charge in [-0.15, -0.1) is 12.6 Å². The number of benzene rings is 1. The number of non-ortho nitro benzene ring substituents is 1. The Kier molecular flexibility index (Phi) is 4.55. The lowest BCUT2D eigenvalue weighted by Gasteiger charge is -2.29. The Hall–Kier alpha value is -3.11. The highest BCUT2D eigenvalue weighted by Crippen LogP contribution is 2.43. The fourth-order valence-corrected chi connectivity index (χ4v) is 3.34. The number of nitro benzene ring substituents is 1. The van der Waals surface area contributed by atoms with E-state index in [-0.39, 0.29) is 5.69 Å². The van der Waals surface area contributed by atoms with Crippen LogP contribution in [0.25, 0.3) is 5.57 Å². The molecule has 124 valence electrons. The number of aromatic nitrogens is 1. The quantitative estimate of drug-likeness (QED) is 0.499. The normalized spacial score (nSPS) is 17.1. The third kappa shape index (κ3) is 3.12. The van der Waals surface area contributed by atoms with Crippen LogP contribution in [0.15, 0.2) is 65.1 Å². The molecule has 0 fully saturated rings. The van der Waals surface area contributed by atoms with Crippen LogP contribution < -0.4 is 5.32 Å². The molecule has 1 aliphatic heterocycles. The van der Waals surface area contributed by atoms with Gasteiger partial charge in [-0.3, -0.25) is 15.1 Å². The van der Waals surface area contributed by atoms with E-state index in [0.717, 1.165) is 16.8 Å². The molecule has 0 aliphatic carbocycles. The zero-order valence-corrected chi connectivity index (χ0v) is 14.2. The number of dihydropyridines is 1. The molecule has 0 spiro atoms. The van der Waals surface area contributed by atoms with Gasteiger partial charge in [-0.25, -0.2) is 0 Å². The Morgan fingerprint density at radius 3 is 2.68 bits per heavy atom. The first-order valence-electron chi connectivity index (χ1n) is 7.48. The molecule has 1 aromatic carbocycles. The molecule has 0 bridgehead atoms. The van der Waals surface area contributed by atoms with E-state index >= 15 is 0 Å². The van der Waals surface area contributed by atoms with Gasteiger partial charge in [-0.1, -0.05) is 12.1 Å². The van der Waals surface area contributed by atoms with Crippen molar-refractivity contribution in [2.24, 2.45) is 0 Å². The van der Waals surface area contributed by atoms with Gasteiger partial charge in [0.15, 0.2) is 0 Å². The maximum atomic E-state index is 11.1. The molecule has 0 radical (unpaired) electrons. The van der Waals surface area contributed by atoms with E-state index in [2.05, 4.69) is 29.0 Å². The molecular weight excluding hydrogens is 336 g/mol. The van der Waals surface area contributed by atoms with Crippen molar-refractivity contribution in [1.29, 1.82) is 5.26 Å². The molecule has 0 saturated carbocycles. The van der Waals surface area contributed by atoms with E-state index in [0.29, 0.717) is 16.2 Å². The van der Waals surface area contributed by atoms with Crippen LogP contribution >= 0.6 is 12.6 Å². The van der Waals surface area contributed by atoms with E-state index in [1.165, 1.54) is 12.1 Å². The minimum Gasteiger partial charge on any atom is -0.353 e. The lowest BCUT2D eigenvalue weighted by molar-refractivity contribution is -0.384. The number of nitro groups is 1. The van der Waals surface area contributed by atoms with Crippen molar-refractivity contribution < 1.29 is 4.92 Å². The molecule has 1 aromatic heterocycles. The Balaban J connectivity index is 2.23. The number of allylic oxidation sites excluding steroid dienone is 3. The second-order valence-electron chi connectivity index (χ2n) is 5.56. The van der Waals surface area contributed by atoms with Crippen molar-refractivity contribution in [2.75, 3.05) is 0 Å². The maximum Gasteiger partial charge on any atom is 0.269 e. The average Bonchev–Trinajstić information content (AvgIpc) is 2.62. The highest BCUT2D eigenvalue weighted by Gasteiger charge is 2.31. The number of hydrogen-bond acceptors (Lipinski definition) is 6. The van der Waals surface area contributed by atoms with Crippen molar-refractivity contribution >= 4 is 23.9 Å². The van der Waals surface area contributed by atoms with E-state index in [1.54, 1.807) is 24.5 Å². The summed E-state index contributed by atoms with van der Waals surface area (Å²) in [5, 5.41) is 24.4. The SMILES string of the molecule is CC1=C(c2ccncc2)C(c2cccc([N+](=O)[O-])c2)C(C#N)=C(S)N1. The summed E-state index contributed by atoms with van der Waals surface area (Å²) in [6.07, 6.45) is 3.35. The number of thiol groups is 1. The minimum atomic E-state index is -0.443. The smallest absolute Gasteiger partial charge is 0.269 e. The summed E-state index contributed by atoms with van der Waals surface area (Å²) in [5.74, 6) is -0.443. The van der Waals surface area contributed by atoms with Gasteiger partial charge in [-0.05, 0) is 35.8 Å². The van der Waals surface area contributed by atoms with E-state index in [4.69, 9.17) is 0 Å². The van der Waals surface area contributed by atoms with Crippen LogP contribution in [0.4, 0.5) is 5.69 Å². The van der Waals surface area contributed by atoms with Crippen molar-refractivity contribution in [3.63, 3.8) is 0 Å². The van der Waals surface area contributed by atoms with Gasteiger partial charge in [-0.2, -0.15) is 5.26 Å². The molecule has 0 saturated heterocycles. The molecule has 1 atom stereocenters. The van der Waals surface area contributed by atoms with E-state index < -0.39 is 10.8 Å². The Bertz CT molecular complexity index is 945. The molecule has 6 nitrogen and oxygen atoms in total. The average molecular weight is 350 g/mol. The number of nitrogens with zero attached hydrogens (tertiary/aromatic N) is 3. The lowest BCUT2D eigenvalue weighted by atomic mass is 9.79. The van der Waals surface area contributed by atoms with E-state index in [1.807, 2.05) is 19.1 Å². The Morgan fingerprint density at radius 2 is 2.04 bits per heavy atom. The van der Waals surface area contributed by atoms with Gasteiger partial charge in [0.2, 0.25) is 0 Å². The van der Waals surface area contributed by atoms with Crippen molar-refractivity contribution in [2.45, 2.75) is 12.8 Å². The van der Waals surface area contributed by atoms with Crippen molar-refractivity contribution in [3.8, 4) is 6.07 Å². The molecule has 25 heavy (non-hydrogen) atoms. The van der Waals surface area contributed by atoms with Crippen LogP contribution in [0.1, 0.15) is 24.0 Å². The predicted molar refractivity (Wildman–Crippen MR) is 97.4 cm³/mol. The van der Waals surface area contributed by atoms with Crippen LogP contribution in [-0.2, 0) is 0 Å². The highest BCUT2D eigenvalue weighted by molar-refractivity contribution is 7.84. The largest absolute Gasteiger partial charge is 0.353 e. The van der Waals surface area contributed by atoms with Crippen LogP contribution in [0.5, 0.6) is 0 Å². The zero-order chi connectivity index (χ0) is 18.0. The molecule has 7 heteroatoms. The molecule has 1 aliphatic rings. The minimum absolute atomic E-state index is 0.0132. The van der Waals surface area contributed by atoms with Crippen molar-refractivity contribution in [3.05, 3.63) is 86.3 Å². The fraction of sp³-hybridized carbons (Fsp3) is 0.111. The number of hydrogen-bond donors (Lipinski definition) is 2. The van der Waals surface area contributed by atoms with Crippen LogP contribution in [-0.4, -0.2) is 9.91 Å². The van der Waals surface area contributed by atoms with Gasteiger partial charge in [0, 0.05) is 36.1 Å². The Labute approximate surface area is 150 Å². The zero-order valence-electron chi connectivity index (χ0n) is 13.3. The maximum absolute atomic E-state index is 11.1. The van der Waals surface area contributed by atoms with Crippen LogP contribution in [0, 0.1) is 21.4 Å². The first-order chi connectivity index (χ1) is 12.0. The van der Waals surface area contributed by atoms with Crippen molar-refractivity contribution in [1.82, 2.24) is 10.3 Å². The number of nitrogens with one attached hydrogen (secondary N) is 1. The molecule has 2 aromatic rings. The predicted octanol–water partition coefficient (Wildman–Crippen LogP) is 3.77. The summed E-state index contributed by atoms with van der Waals surface area (Å²) in [7, 11) is 0. The highest BCUT2D eigenvalue weighted by atomic mass is 32.1. The summed E-state index contributed by atoms with van der Waals surface area (Å²) in [5.41, 5.74) is 3.68. The monoisotopic (exact) mass is 350 g/mol. The third-order valence-corrected chi connectivity index (χ3v) is 4.42. The first-order valence-corrected chi connectivity index (χ1v) is 7.93. The summed E-state index contributed by atoms with van der Waals surface area (Å²) < 4.78 is 0. The third-order valence-electron chi connectivity index (χ3n) is 4.07. The first kappa shape index (κ1) is 16.7. The fourth-order valence-electron chi connectivity index (χ4n) is 2.99. The molecule has 1 N–H and O–H groups in total. The van der Waals surface area contributed by atoms with Gasteiger partial charge in [0.25, 0.3) is 5.69 Å². The molecule has 1 unspecified atom stereocenters. The lowest BCUT2D eigenvalue weighted by Crippen LogP contribution is -2.22. The topological polar surface area (TPSA) is 91.8 Å². The summed E-state index contributed by atoms with van der Waals surface area (Å²) >= 11 is 4.39. The van der Waals surface area contributed by atoms with E-state index in [9.17, 15) is 15.4 Å². The Morgan fingerprint density at radius 1 is 1.32 bits per heavy atom. The second kappa shape index (κ2) is 6.79. The van der Waals surface area contributed by atoms with Gasteiger partial charge >= 0.3 is 0 Å². The van der Waals surface area contributed by atoms with Gasteiger partial charge in [0.1, 0.15) is 0 Å². The van der Waals surface area contributed by atoms with Crippen LogP contribution in [0.3, 0.4) is 0 Å². The van der Waals surface area contributed by atoms with Crippen LogP contribution in [0.2, 0.25) is 0 Å². The summed E-state index contributed by atoms with van der Waals surface area (Å²) in [6, 6.07) is 12.2. The van der Waals surface area contributed by atoms with Gasteiger partial charge in [0.05, 0.1) is 21.6 Å². The second-order valence-corrected chi connectivity index (χ2v) is 6.01. The molecular formula is C18H14N4O2S. The number of rotatable bonds is 3. The number of nitriles is 1. The molecule has 0 amide bonds. The molecule has 3 rings (SSSR count). The standard InChI is InChI=1S/C18H14N4O2S/c1-11-16(12-5-7-20-8-6-12)17(15(10-19)18(25)21-11)13-3-2-4-14(9-13)22(23)24/h2-9,17,21,25H,1H3. The number of pyridine rings is 1. The summed E-state index contributed by atoms with van der Waals surface area (Å²) in [6.45, 7) is 1.89. The molecule has 2 heterocycles. The summed E-state index contributed by atoms with van der Waals surface area (Å²) in [4.78, 5) is 14.7. The van der Waals surface area contributed by atoms with Gasteiger partial charge < -0.3 is 5.32 Å².